The zero-order valence-corrected chi connectivity index (χ0v) is 6.90. The molecule has 0 N–H and O–H groups in total. The van der Waals surface area contributed by atoms with Crippen LogP contribution in [0, 0.1) is 0 Å². The van der Waals surface area contributed by atoms with Crippen LogP contribution in [0.2, 0.25) is 0 Å². The van der Waals surface area contributed by atoms with Gasteiger partial charge >= 0.3 is 0 Å². The Morgan fingerprint density at radius 3 is 2.30 bits per heavy atom. The summed E-state index contributed by atoms with van der Waals surface area (Å²) in [4.78, 5) is 12.2. The van der Waals surface area contributed by atoms with Gasteiger partial charge in [0.15, 0.2) is 0 Å². The van der Waals surface area contributed by atoms with Gasteiger partial charge in [0, 0.05) is 0 Å². The molecule has 1 heterocycles. The summed E-state index contributed by atoms with van der Waals surface area (Å²) in [7, 11) is 0. The lowest BCUT2D eigenvalue weighted by atomic mass is 10.1. The minimum atomic E-state index is 0. The van der Waals surface area contributed by atoms with Crippen molar-refractivity contribution in [3.63, 3.8) is 0 Å². The van der Waals surface area contributed by atoms with Gasteiger partial charge in [-0.1, -0.05) is 6.42 Å². The van der Waals surface area contributed by atoms with E-state index in [1.165, 1.54) is 19.3 Å². The average molecular weight is 164 g/mol. The van der Waals surface area contributed by atoms with Gasteiger partial charge in [0.25, 0.3) is 0 Å². The third kappa shape index (κ3) is 3.18. The highest BCUT2D eigenvalue weighted by molar-refractivity contribution is 5.85. The van der Waals surface area contributed by atoms with Crippen molar-refractivity contribution in [3.05, 3.63) is 0 Å². The summed E-state index contributed by atoms with van der Waals surface area (Å²) in [6, 6.07) is 0. The first-order valence-electron chi connectivity index (χ1n) is 3.59. The second-order valence-electron chi connectivity index (χ2n) is 2.53. The molecular weight excluding hydrogens is 150 g/mol. The van der Waals surface area contributed by atoms with E-state index in [1.54, 1.807) is 0 Å². The van der Waals surface area contributed by atoms with E-state index in [0.29, 0.717) is 6.54 Å². The number of hydrogen-bond donors (Lipinski definition) is 0. The predicted molar refractivity (Wildman–Crippen MR) is 43.6 cm³/mol. The van der Waals surface area contributed by atoms with Crippen LogP contribution in [-0.4, -0.2) is 30.8 Å². The van der Waals surface area contributed by atoms with Crippen molar-refractivity contribution in [1.29, 1.82) is 0 Å². The molecule has 0 bridgehead atoms. The minimum absolute atomic E-state index is 0. The summed E-state index contributed by atoms with van der Waals surface area (Å²) in [6.07, 6.45) is 4.88. The van der Waals surface area contributed by atoms with Crippen LogP contribution in [0.3, 0.4) is 0 Å². The number of likely N-dealkylation sites (tertiary alicyclic amines) is 1. The van der Waals surface area contributed by atoms with E-state index in [0.717, 1.165) is 19.4 Å². The van der Waals surface area contributed by atoms with Crippen LogP contribution in [0.1, 0.15) is 19.3 Å². The third-order valence-electron chi connectivity index (χ3n) is 1.78. The topological polar surface area (TPSA) is 20.3 Å². The molecule has 2 nitrogen and oxygen atoms in total. The molecular formula is C7H14ClNO. The van der Waals surface area contributed by atoms with Crippen LogP contribution in [0.15, 0.2) is 0 Å². The van der Waals surface area contributed by atoms with Crippen molar-refractivity contribution in [1.82, 2.24) is 4.90 Å². The normalized spacial score (nSPS) is 19.6. The SMILES string of the molecule is Cl.O=CCN1CCCCC1. The summed E-state index contributed by atoms with van der Waals surface area (Å²) in [5.74, 6) is 0. The Hall–Kier alpha value is -0.0800. The number of carbonyl (C=O) groups excluding carboxylic acids is 1. The van der Waals surface area contributed by atoms with Gasteiger partial charge in [0.05, 0.1) is 6.54 Å². The van der Waals surface area contributed by atoms with E-state index in [9.17, 15) is 4.79 Å². The molecule has 0 spiro atoms. The molecule has 0 aromatic rings. The molecule has 1 aliphatic heterocycles. The largest absolute Gasteiger partial charge is 0.302 e. The zero-order chi connectivity index (χ0) is 6.53. The van der Waals surface area contributed by atoms with Gasteiger partial charge in [-0.2, -0.15) is 0 Å². The molecule has 1 fully saturated rings. The summed E-state index contributed by atoms with van der Waals surface area (Å²) >= 11 is 0. The van der Waals surface area contributed by atoms with E-state index < -0.39 is 0 Å². The quantitative estimate of drug-likeness (QED) is 0.569. The van der Waals surface area contributed by atoms with E-state index in [4.69, 9.17) is 0 Å². The highest BCUT2D eigenvalue weighted by Crippen LogP contribution is 2.06. The van der Waals surface area contributed by atoms with Crippen LogP contribution < -0.4 is 0 Å². The number of nitrogens with zero attached hydrogens (tertiary/aromatic N) is 1. The van der Waals surface area contributed by atoms with Gasteiger partial charge in [-0.25, -0.2) is 0 Å². The molecule has 1 aliphatic rings. The first kappa shape index (κ1) is 9.92. The minimum Gasteiger partial charge on any atom is -0.302 e. The van der Waals surface area contributed by atoms with Crippen LogP contribution in [0.4, 0.5) is 0 Å². The summed E-state index contributed by atoms with van der Waals surface area (Å²) in [6.45, 7) is 2.89. The fraction of sp³-hybridized carbons (Fsp3) is 0.857. The second-order valence-corrected chi connectivity index (χ2v) is 2.53. The van der Waals surface area contributed by atoms with E-state index >= 15 is 0 Å². The molecule has 0 aliphatic carbocycles. The number of hydrogen-bond acceptors (Lipinski definition) is 2. The molecule has 3 heteroatoms. The Labute approximate surface area is 68.0 Å². The molecule has 1 rings (SSSR count). The summed E-state index contributed by atoms with van der Waals surface area (Å²) in [5.41, 5.74) is 0. The lowest BCUT2D eigenvalue weighted by Gasteiger charge is -2.23. The third-order valence-corrected chi connectivity index (χ3v) is 1.78. The lowest BCUT2D eigenvalue weighted by molar-refractivity contribution is -0.109. The Kier molecular flexibility index (Phi) is 5.64. The van der Waals surface area contributed by atoms with E-state index in [1.807, 2.05) is 0 Å². The fourth-order valence-corrected chi connectivity index (χ4v) is 1.25. The number of rotatable bonds is 2. The molecule has 10 heavy (non-hydrogen) atoms. The molecule has 0 aromatic heterocycles. The molecule has 1 saturated heterocycles. The van der Waals surface area contributed by atoms with E-state index in [2.05, 4.69) is 4.90 Å². The molecule has 0 saturated carbocycles. The maximum Gasteiger partial charge on any atom is 0.133 e. The van der Waals surface area contributed by atoms with Crippen molar-refractivity contribution in [2.75, 3.05) is 19.6 Å². The van der Waals surface area contributed by atoms with Crippen LogP contribution in [-0.2, 0) is 4.79 Å². The van der Waals surface area contributed by atoms with Crippen molar-refractivity contribution in [2.24, 2.45) is 0 Å². The van der Waals surface area contributed by atoms with Gasteiger partial charge in [-0.3, -0.25) is 4.90 Å². The maximum atomic E-state index is 10.0. The first-order chi connectivity index (χ1) is 4.43. The molecule has 0 radical (unpaired) electrons. The summed E-state index contributed by atoms with van der Waals surface area (Å²) in [5, 5.41) is 0. The van der Waals surface area contributed by atoms with Gasteiger partial charge in [-0.05, 0) is 25.9 Å². The van der Waals surface area contributed by atoms with Crippen molar-refractivity contribution in [2.45, 2.75) is 19.3 Å². The number of carbonyl (C=O) groups is 1. The second kappa shape index (κ2) is 5.69. The van der Waals surface area contributed by atoms with Crippen molar-refractivity contribution in [3.8, 4) is 0 Å². The highest BCUT2D eigenvalue weighted by Gasteiger charge is 2.07. The zero-order valence-electron chi connectivity index (χ0n) is 6.08. The number of aldehydes is 1. The van der Waals surface area contributed by atoms with E-state index in [-0.39, 0.29) is 12.4 Å². The Morgan fingerprint density at radius 1 is 1.20 bits per heavy atom. The highest BCUT2D eigenvalue weighted by atomic mass is 35.5. The molecule has 0 amide bonds. The molecule has 60 valence electrons. The van der Waals surface area contributed by atoms with Crippen molar-refractivity contribution < 1.29 is 4.79 Å². The van der Waals surface area contributed by atoms with Crippen LogP contribution >= 0.6 is 12.4 Å². The number of halogens is 1. The van der Waals surface area contributed by atoms with Gasteiger partial charge < -0.3 is 4.79 Å². The van der Waals surface area contributed by atoms with Gasteiger partial charge in [-0.15, -0.1) is 12.4 Å². The molecule has 0 unspecified atom stereocenters. The molecule has 0 aromatic carbocycles. The lowest BCUT2D eigenvalue weighted by Crippen LogP contribution is -2.31. The Bertz CT molecular complexity index is 91.6. The maximum absolute atomic E-state index is 10.0. The van der Waals surface area contributed by atoms with Gasteiger partial charge in [0.2, 0.25) is 0 Å². The standard InChI is InChI=1S/C7H13NO.ClH/c9-7-6-8-4-2-1-3-5-8;/h7H,1-6H2;1H. The van der Waals surface area contributed by atoms with Crippen LogP contribution in [0.5, 0.6) is 0 Å². The number of piperidine rings is 1. The Morgan fingerprint density at radius 2 is 1.80 bits per heavy atom. The monoisotopic (exact) mass is 163 g/mol. The van der Waals surface area contributed by atoms with Crippen LogP contribution in [0.25, 0.3) is 0 Å². The molecule has 0 atom stereocenters. The van der Waals surface area contributed by atoms with Gasteiger partial charge in [0.1, 0.15) is 6.29 Å². The fourth-order valence-electron chi connectivity index (χ4n) is 1.25. The first-order valence-corrected chi connectivity index (χ1v) is 3.59. The average Bonchev–Trinajstić information content (AvgIpc) is 1.91. The summed E-state index contributed by atoms with van der Waals surface area (Å²) < 4.78 is 0. The smallest absolute Gasteiger partial charge is 0.133 e. The Balaban J connectivity index is 0.000000810. The predicted octanol–water partition coefficient (Wildman–Crippen LogP) is 1.09. The van der Waals surface area contributed by atoms with Crippen molar-refractivity contribution >= 4 is 18.7 Å².